The van der Waals surface area contributed by atoms with E-state index in [-0.39, 0.29) is 11.4 Å². The molecule has 0 atom stereocenters. The molecule has 0 fully saturated rings. The number of nitro groups is 2. The Hall–Kier alpha value is -4.42. The molecule has 202 valence electrons. The number of methoxy groups -OCH3 is 2. The largest absolute Gasteiger partial charge is 0.494 e. The monoisotopic (exact) mass is 666 g/mol. The van der Waals surface area contributed by atoms with E-state index in [0.29, 0.717) is 42.9 Å². The lowest BCUT2D eigenvalue weighted by Crippen LogP contribution is -1.92. The van der Waals surface area contributed by atoms with Crippen LogP contribution >= 0.6 is 31.9 Å². The van der Waals surface area contributed by atoms with Crippen molar-refractivity contribution in [2.24, 2.45) is 9.98 Å². The fourth-order valence-electron chi connectivity index (χ4n) is 3.72. The van der Waals surface area contributed by atoms with Crippen molar-refractivity contribution in [1.29, 1.82) is 0 Å². The molecule has 0 aliphatic heterocycles. The Bertz CT molecular complexity index is 1550. The van der Waals surface area contributed by atoms with Crippen molar-refractivity contribution in [2.75, 3.05) is 14.2 Å². The summed E-state index contributed by atoms with van der Waals surface area (Å²) in [6.45, 7) is 0. The van der Waals surface area contributed by atoms with Crippen LogP contribution in [0.5, 0.6) is 11.5 Å². The zero-order chi connectivity index (χ0) is 28.8. The SMILES string of the molecule is COc1cc(-c2ccc(N=Cc3ccc(Br)c([N+](=O)[O-])c3)c(OC)c2)ccc1N=Cc1ccc(Br)c([N+](=O)[O-])c1. The van der Waals surface area contributed by atoms with Crippen LogP contribution in [-0.4, -0.2) is 36.5 Å². The highest BCUT2D eigenvalue weighted by atomic mass is 79.9. The lowest BCUT2D eigenvalue weighted by Gasteiger charge is -2.11. The molecule has 0 bridgehead atoms. The zero-order valence-corrected chi connectivity index (χ0v) is 24.2. The van der Waals surface area contributed by atoms with Crippen LogP contribution in [0.1, 0.15) is 11.1 Å². The Labute approximate surface area is 245 Å². The number of nitrogens with zero attached hydrogens (tertiary/aromatic N) is 4. The van der Waals surface area contributed by atoms with Gasteiger partial charge in [-0.1, -0.05) is 24.3 Å². The predicted octanol–water partition coefficient (Wildman–Crippen LogP) is 8.21. The van der Waals surface area contributed by atoms with Crippen LogP contribution < -0.4 is 9.47 Å². The first-order chi connectivity index (χ1) is 19.2. The molecule has 4 aromatic carbocycles. The molecule has 4 aromatic rings. The molecule has 0 radical (unpaired) electrons. The van der Waals surface area contributed by atoms with Crippen molar-refractivity contribution in [3.05, 3.63) is 113 Å². The lowest BCUT2D eigenvalue weighted by atomic mass is 10.0. The number of halogens is 2. The maximum atomic E-state index is 11.2. The molecule has 12 heteroatoms. The van der Waals surface area contributed by atoms with Gasteiger partial charge in [-0.2, -0.15) is 0 Å². The topological polar surface area (TPSA) is 129 Å². The van der Waals surface area contributed by atoms with Crippen LogP contribution in [0.2, 0.25) is 0 Å². The third kappa shape index (κ3) is 6.58. The van der Waals surface area contributed by atoms with Gasteiger partial charge in [-0.05, 0) is 90.5 Å². The van der Waals surface area contributed by atoms with E-state index < -0.39 is 9.85 Å². The first-order valence-electron chi connectivity index (χ1n) is 11.5. The number of hydrogen-bond acceptors (Lipinski definition) is 8. The Morgan fingerprint density at radius 1 is 0.650 bits per heavy atom. The van der Waals surface area contributed by atoms with Crippen LogP contribution in [0.25, 0.3) is 11.1 Å². The zero-order valence-electron chi connectivity index (χ0n) is 21.1. The maximum absolute atomic E-state index is 11.2. The second-order valence-electron chi connectivity index (χ2n) is 8.23. The third-order valence-corrected chi connectivity index (χ3v) is 7.07. The fraction of sp³-hybridized carbons (Fsp3) is 0.0714. The van der Waals surface area contributed by atoms with Crippen LogP contribution in [-0.2, 0) is 0 Å². The summed E-state index contributed by atoms with van der Waals surface area (Å²) in [6.07, 6.45) is 3.07. The Balaban J connectivity index is 1.59. The van der Waals surface area contributed by atoms with Gasteiger partial charge in [0.25, 0.3) is 11.4 Å². The molecule has 0 aliphatic rings. The summed E-state index contributed by atoms with van der Waals surface area (Å²) in [5.41, 5.74) is 3.82. The highest BCUT2D eigenvalue weighted by molar-refractivity contribution is 9.11. The molecule has 0 saturated carbocycles. The van der Waals surface area contributed by atoms with E-state index in [1.807, 2.05) is 24.3 Å². The molecule has 0 heterocycles. The number of hydrogen-bond donors (Lipinski definition) is 0. The highest BCUT2D eigenvalue weighted by Crippen LogP contribution is 2.37. The first-order valence-corrected chi connectivity index (χ1v) is 13.1. The number of ether oxygens (including phenoxy) is 2. The van der Waals surface area contributed by atoms with Gasteiger partial charge in [0.15, 0.2) is 0 Å². The minimum absolute atomic E-state index is 0.0499. The molecule has 0 aromatic heterocycles. The molecule has 0 N–H and O–H groups in total. The van der Waals surface area contributed by atoms with Crippen molar-refractivity contribution in [3.8, 4) is 22.6 Å². The average Bonchev–Trinajstić information content (AvgIpc) is 2.95. The molecular weight excluding hydrogens is 648 g/mol. The van der Waals surface area contributed by atoms with Crippen LogP contribution in [0.4, 0.5) is 22.7 Å². The maximum Gasteiger partial charge on any atom is 0.284 e. The van der Waals surface area contributed by atoms with Crippen molar-refractivity contribution in [3.63, 3.8) is 0 Å². The molecule has 0 aliphatic carbocycles. The number of nitro benzene ring substituents is 2. The van der Waals surface area contributed by atoms with E-state index in [0.717, 1.165) is 11.1 Å². The van der Waals surface area contributed by atoms with Gasteiger partial charge in [0.2, 0.25) is 0 Å². The first kappa shape index (κ1) is 28.6. The van der Waals surface area contributed by atoms with Gasteiger partial charge in [0.05, 0.1) is 33.0 Å². The van der Waals surface area contributed by atoms with Gasteiger partial charge >= 0.3 is 0 Å². The average molecular weight is 668 g/mol. The van der Waals surface area contributed by atoms with E-state index >= 15 is 0 Å². The molecule has 0 amide bonds. The summed E-state index contributed by atoms with van der Waals surface area (Å²) in [6, 6.07) is 20.5. The minimum atomic E-state index is -0.464. The highest BCUT2D eigenvalue weighted by Gasteiger charge is 2.13. The van der Waals surface area contributed by atoms with Crippen LogP contribution in [0.3, 0.4) is 0 Å². The van der Waals surface area contributed by atoms with Gasteiger partial charge in [-0.25, -0.2) is 0 Å². The van der Waals surface area contributed by atoms with Gasteiger partial charge in [0, 0.05) is 24.6 Å². The van der Waals surface area contributed by atoms with Gasteiger partial charge in [0.1, 0.15) is 22.9 Å². The molecular formula is C28H20Br2N4O6. The van der Waals surface area contributed by atoms with E-state index in [1.54, 1.807) is 36.4 Å². The summed E-state index contributed by atoms with van der Waals surface area (Å²) in [5.74, 6) is 1.02. The van der Waals surface area contributed by atoms with Gasteiger partial charge in [-0.15, -0.1) is 0 Å². The molecule has 10 nitrogen and oxygen atoms in total. The fourth-order valence-corrected chi connectivity index (χ4v) is 4.50. The smallest absolute Gasteiger partial charge is 0.284 e. The Kier molecular flexibility index (Phi) is 9.02. The molecule has 4 rings (SSSR count). The molecule has 0 spiro atoms. The van der Waals surface area contributed by atoms with Crippen molar-refractivity contribution >= 4 is 67.0 Å². The van der Waals surface area contributed by atoms with Crippen molar-refractivity contribution < 1.29 is 19.3 Å². The standard InChI is InChI=1S/C28H20Br2N4O6/c1-39-27-13-19(5-9-23(27)31-15-17-3-7-21(29)25(11-17)33(35)36)20-6-10-24(28(14-20)40-2)32-16-18-4-8-22(30)26(12-18)34(37)38/h3-16H,1-2H3. The summed E-state index contributed by atoms with van der Waals surface area (Å²) < 4.78 is 11.9. The Morgan fingerprint density at radius 3 is 1.40 bits per heavy atom. The molecule has 40 heavy (non-hydrogen) atoms. The van der Waals surface area contributed by atoms with Crippen molar-refractivity contribution in [1.82, 2.24) is 0 Å². The normalized spacial score (nSPS) is 11.2. The second kappa shape index (κ2) is 12.6. The number of aliphatic imine (C=N–C) groups is 2. The van der Waals surface area contributed by atoms with Gasteiger partial charge in [-0.3, -0.25) is 30.2 Å². The molecule has 0 saturated heterocycles. The summed E-state index contributed by atoms with van der Waals surface area (Å²) in [4.78, 5) is 30.4. The quantitative estimate of drug-likeness (QED) is 0.100. The Morgan fingerprint density at radius 2 is 1.05 bits per heavy atom. The van der Waals surface area contributed by atoms with Gasteiger partial charge < -0.3 is 9.47 Å². The number of rotatable bonds is 9. The predicted molar refractivity (Wildman–Crippen MR) is 161 cm³/mol. The van der Waals surface area contributed by atoms with E-state index in [9.17, 15) is 20.2 Å². The summed E-state index contributed by atoms with van der Waals surface area (Å²) in [7, 11) is 3.07. The van der Waals surface area contributed by atoms with E-state index in [1.165, 1.54) is 38.8 Å². The second-order valence-corrected chi connectivity index (χ2v) is 9.93. The molecule has 0 unspecified atom stereocenters. The minimum Gasteiger partial charge on any atom is -0.494 e. The van der Waals surface area contributed by atoms with E-state index in [4.69, 9.17) is 9.47 Å². The lowest BCUT2D eigenvalue weighted by molar-refractivity contribution is -0.385. The summed E-state index contributed by atoms with van der Waals surface area (Å²) >= 11 is 6.35. The third-order valence-electron chi connectivity index (χ3n) is 5.73. The van der Waals surface area contributed by atoms with Crippen LogP contribution in [0.15, 0.2) is 91.7 Å². The number of benzene rings is 4. The van der Waals surface area contributed by atoms with Crippen LogP contribution in [0, 0.1) is 20.2 Å². The summed E-state index contributed by atoms with van der Waals surface area (Å²) in [5, 5.41) is 22.4. The van der Waals surface area contributed by atoms with Crippen molar-refractivity contribution in [2.45, 2.75) is 0 Å². The van der Waals surface area contributed by atoms with E-state index in [2.05, 4.69) is 41.8 Å².